The number of alkyl halides is 3. The summed E-state index contributed by atoms with van der Waals surface area (Å²) in [5.41, 5.74) is -1.74. The Labute approximate surface area is 161 Å². The molecule has 1 amide bonds. The number of carbonyl (C=O) groups is 1. The molecule has 12 heteroatoms. The fourth-order valence-electron chi connectivity index (χ4n) is 2.08. The highest BCUT2D eigenvalue weighted by molar-refractivity contribution is 8.00. The van der Waals surface area contributed by atoms with Crippen LogP contribution in [0.5, 0.6) is 0 Å². The van der Waals surface area contributed by atoms with Crippen LogP contribution in [0.15, 0.2) is 9.13 Å². The first-order chi connectivity index (χ1) is 12.3. The van der Waals surface area contributed by atoms with Gasteiger partial charge in [-0.15, -0.1) is 0 Å². The number of amides is 1. The molecule has 0 spiro atoms. The summed E-state index contributed by atoms with van der Waals surface area (Å²) in [6.07, 6.45) is -3.81. The minimum atomic E-state index is -4.82. The van der Waals surface area contributed by atoms with Gasteiger partial charge in [0.1, 0.15) is 5.60 Å². The van der Waals surface area contributed by atoms with Crippen molar-refractivity contribution in [3.8, 4) is 0 Å². The normalized spacial score (nSPS) is 12.4. The number of fused-ring (bicyclic) bond motifs is 1. The lowest BCUT2D eigenvalue weighted by atomic mass is 10.2. The van der Waals surface area contributed by atoms with Gasteiger partial charge in [-0.3, -0.25) is 9.36 Å². The van der Waals surface area contributed by atoms with Crippen molar-refractivity contribution in [2.24, 2.45) is 0 Å². The van der Waals surface area contributed by atoms with Crippen molar-refractivity contribution in [3.63, 3.8) is 0 Å². The predicted molar refractivity (Wildman–Crippen MR) is 97.3 cm³/mol. The van der Waals surface area contributed by atoms with Crippen molar-refractivity contribution in [2.45, 2.75) is 43.4 Å². The number of thioether (sulfide) groups is 1. The zero-order valence-electron chi connectivity index (χ0n) is 15.4. The number of thiazole rings is 1. The van der Waals surface area contributed by atoms with Gasteiger partial charge in [0.2, 0.25) is 5.82 Å². The number of aromatic nitrogens is 3. The summed E-state index contributed by atoms with van der Waals surface area (Å²) < 4.78 is 46.3. The quantitative estimate of drug-likeness (QED) is 0.700. The zero-order valence-corrected chi connectivity index (χ0v) is 17.0. The van der Waals surface area contributed by atoms with E-state index in [4.69, 9.17) is 4.74 Å². The van der Waals surface area contributed by atoms with Crippen LogP contribution in [0.3, 0.4) is 0 Å². The van der Waals surface area contributed by atoms with Crippen LogP contribution in [0.2, 0.25) is 0 Å². The number of nitrogens with zero attached hydrogens (tertiary/aromatic N) is 4. The first-order valence-electron chi connectivity index (χ1n) is 7.80. The van der Waals surface area contributed by atoms with E-state index in [1.54, 1.807) is 27.0 Å². The Balaban J connectivity index is 2.37. The molecule has 2 rings (SSSR count). The van der Waals surface area contributed by atoms with Gasteiger partial charge < -0.3 is 9.64 Å². The Morgan fingerprint density at radius 2 is 1.93 bits per heavy atom. The van der Waals surface area contributed by atoms with Crippen LogP contribution >= 0.6 is 23.1 Å². The molecule has 2 heterocycles. The predicted octanol–water partition coefficient (Wildman–Crippen LogP) is 3.46. The minimum Gasteiger partial charge on any atom is -0.444 e. The fourth-order valence-corrected chi connectivity index (χ4v) is 3.50. The number of likely N-dealkylation sites (N-methyl/N-ethyl adjacent to an activating group) is 1. The van der Waals surface area contributed by atoms with Crippen molar-refractivity contribution in [1.82, 2.24) is 19.4 Å². The van der Waals surface area contributed by atoms with Gasteiger partial charge in [0, 0.05) is 20.1 Å². The molecule has 27 heavy (non-hydrogen) atoms. The summed E-state index contributed by atoms with van der Waals surface area (Å²) in [5.74, 6) is -1.31. The summed E-state index contributed by atoms with van der Waals surface area (Å²) in [7, 11) is 1.38. The maximum Gasteiger partial charge on any atom is 0.449 e. The highest BCUT2D eigenvalue weighted by Crippen LogP contribution is 2.31. The third-order valence-electron chi connectivity index (χ3n) is 3.29. The van der Waals surface area contributed by atoms with E-state index < -0.39 is 35.8 Å². The molecule has 2 aromatic rings. The monoisotopic (exact) mass is 424 g/mol. The second-order valence-corrected chi connectivity index (χ2v) is 8.66. The molecule has 0 saturated heterocycles. The second kappa shape index (κ2) is 7.66. The third kappa shape index (κ3) is 5.12. The molecule has 0 aromatic carbocycles. The van der Waals surface area contributed by atoms with Crippen molar-refractivity contribution < 1.29 is 22.7 Å². The molecule has 0 saturated carbocycles. The topological polar surface area (TPSA) is 77.3 Å². The van der Waals surface area contributed by atoms with E-state index in [0.29, 0.717) is 8.91 Å². The molecule has 150 valence electrons. The van der Waals surface area contributed by atoms with E-state index in [-0.39, 0.29) is 16.9 Å². The van der Waals surface area contributed by atoms with Gasteiger partial charge in [0.15, 0.2) is 14.7 Å². The first kappa shape index (κ1) is 21.5. The van der Waals surface area contributed by atoms with Gasteiger partial charge in [0.05, 0.1) is 0 Å². The first-order valence-corrected chi connectivity index (χ1v) is 9.84. The fraction of sp³-hybridized carbons (Fsp3) is 0.600. The van der Waals surface area contributed by atoms with Crippen molar-refractivity contribution in [2.75, 3.05) is 19.8 Å². The SMILES string of the molecule is CSc1nc2c(=O)n(CCN(C)C(=O)OC(C)(C)C)c(C(F)(F)F)nc2s1. The Bertz CT molecular complexity index is 903. The van der Waals surface area contributed by atoms with E-state index >= 15 is 0 Å². The number of hydrogen-bond acceptors (Lipinski definition) is 7. The molecule has 7 nitrogen and oxygen atoms in total. The average molecular weight is 424 g/mol. The van der Waals surface area contributed by atoms with Crippen LogP contribution in [0.25, 0.3) is 10.3 Å². The smallest absolute Gasteiger partial charge is 0.444 e. The van der Waals surface area contributed by atoms with E-state index in [2.05, 4.69) is 9.97 Å². The molecule has 0 aliphatic rings. The van der Waals surface area contributed by atoms with Crippen LogP contribution in [0, 0.1) is 0 Å². The number of carbonyl (C=O) groups excluding carboxylic acids is 1. The molecule has 0 aliphatic heterocycles. The summed E-state index contributed by atoms with van der Waals surface area (Å²) in [6, 6.07) is 0. The summed E-state index contributed by atoms with van der Waals surface area (Å²) >= 11 is 2.15. The largest absolute Gasteiger partial charge is 0.449 e. The van der Waals surface area contributed by atoms with Crippen LogP contribution in [0.1, 0.15) is 26.6 Å². The summed E-state index contributed by atoms with van der Waals surface area (Å²) in [5, 5.41) is 0. The number of ether oxygens (including phenoxy) is 1. The maximum absolute atomic E-state index is 13.4. The van der Waals surface area contributed by atoms with Gasteiger partial charge in [-0.25, -0.2) is 14.8 Å². The highest BCUT2D eigenvalue weighted by atomic mass is 32.2. The lowest BCUT2D eigenvalue weighted by Crippen LogP contribution is -2.38. The van der Waals surface area contributed by atoms with Crippen LogP contribution in [0.4, 0.5) is 18.0 Å². The van der Waals surface area contributed by atoms with Gasteiger partial charge in [-0.2, -0.15) is 13.2 Å². The average Bonchev–Trinajstić information content (AvgIpc) is 2.94. The molecular formula is C15H19F3N4O3S2. The highest BCUT2D eigenvalue weighted by Gasteiger charge is 2.38. The maximum atomic E-state index is 13.4. The summed E-state index contributed by atoms with van der Waals surface area (Å²) in [4.78, 5) is 33.2. The standard InChI is InChI=1S/C15H19F3N4O3S2/c1-14(2,3)25-13(24)21(4)6-7-22-10(23)8-9(27-12(19-8)26-5)20-11(22)15(16,17)18/h6-7H2,1-5H3. The third-order valence-corrected chi connectivity index (χ3v) is 5.23. The van der Waals surface area contributed by atoms with Crippen LogP contribution < -0.4 is 5.56 Å². The second-order valence-electron chi connectivity index (χ2n) is 6.63. The molecule has 0 bridgehead atoms. The zero-order chi connectivity index (χ0) is 20.6. The Morgan fingerprint density at radius 3 is 2.44 bits per heavy atom. The van der Waals surface area contributed by atoms with Crippen molar-refractivity contribution in [1.29, 1.82) is 0 Å². The minimum absolute atomic E-state index is 0.0616. The molecule has 2 aromatic heterocycles. The summed E-state index contributed by atoms with van der Waals surface area (Å²) in [6.45, 7) is 4.47. The lowest BCUT2D eigenvalue weighted by Gasteiger charge is -2.25. The Kier molecular flexibility index (Phi) is 6.10. The number of hydrogen-bond donors (Lipinski definition) is 0. The van der Waals surface area contributed by atoms with Gasteiger partial charge >= 0.3 is 12.3 Å². The van der Waals surface area contributed by atoms with E-state index in [1.807, 2.05) is 0 Å². The van der Waals surface area contributed by atoms with E-state index in [9.17, 15) is 22.8 Å². The molecule has 0 fully saturated rings. The molecular weight excluding hydrogens is 405 g/mol. The lowest BCUT2D eigenvalue weighted by molar-refractivity contribution is -0.148. The molecule has 0 atom stereocenters. The van der Waals surface area contributed by atoms with Gasteiger partial charge in [-0.05, 0) is 27.0 Å². The molecule has 0 aliphatic carbocycles. The van der Waals surface area contributed by atoms with E-state index in [1.165, 1.54) is 18.8 Å². The Morgan fingerprint density at radius 1 is 1.30 bits per heavy atom. The molecule has 0 N–H and O–H groups in total. The van der Waals surface area contributed by atoms with Gasteiger partial charge in [0.25, 0.3) is 5.56 Å². The number of rotatable bonds is 4. The molecule has 0 radical (unpaired) electrons. The van der Waals surface area contributed by atoms with Crippen LogP contribution in [-0.4, -0.2) is 51.0 Å². The van der Waals surface area contributed by atoms with Gasteiger partial charge in [-0.1, -0.05) is 23.1 Å². The van der Waals surface area contributed by atoms with Crippen LogP contribution in [-0.2, 0) is 17.5 Å². The van der Waals surface area contributed by atoms with Crippen molar-refractivity contribution >= 4 is 39.5 Å². The molecule has 0 unspecified atom stereocenters. The number of halogens is 3. The Hall–Kier alpha value is -1.82. The van der Waals surface area contributed by atoms with E-state index in [0.717, 1.165) is 16.2 Å². The van der Waals surface area contributed by atoms with Crippen molar-refractivity contribution in [3.05, 3.63) is 16.2 Å².